The Hall–Kier alpha value is -2.49. The van der Waals surface area contributed by atoms with E-state index < -0.39 is 0 Å². The Morgan fingerprint density at radius 3 is 2.79 bits per heavy atom. The second kappa shape index (κ2) is 6.56. The molecule has 24 heavy (non-hydrogen) atoms. The van der Waals surface area contributed by atoms with E-state index in [-0.39, 0.29) is 0 Å². The molecule has 0 atom stereocenters. The molecule has 4 heteroatoms. The summed E-state index contributed by atoms with van der Waals surface area (Å²) in [4.78, 5) is 4.89. The van der Waals surface area contributed by atoms with E-state index in [2.05, 4.69) is 28.8 Å². The third-order valence-corrected chi connectivity index (χ3v) is 4.81. The number of nitrogens with two attached hydrogens (primary N) is 1. The largest absolute Gasteiger partial charge is 0.493 e. The predicted molar refractivity (Wildman–Crippen MR) is 97.3 cm³/mol. The van der Waals surface area contributed by atoms with Crippen LogP contribution in [0.4, 0.5) is 5.69 Å². The fourth-order valence-electron chi connectivity index (χ4n) is 3.32. The van der Waals surface area contributed by atoms with Crippen LogP contribution < -0.4 is 10.5 Å². The van der Waals surface area contributed by atoms with E-state index in [4.69, 9.17) is 15.5 Å². The van der Waals surface area contributed by atoms with Crippen molar-refractivity contribution >= 4 is 16.7 Å². The number of fused-ring (bicyclic) bond motifs is 1. The summed E-state index contributed by atoms with van der Waals surface area (Å²) in [7, 11) is 0. The average Bonchev–Trinajstić information content (AvgIpc) is 2.88. The molecule has 1 fully saturated rings. The van der Waals surface area contributed by atoms with Gasteiger partial charge in [0.05, 0.1) is 17.6 Å². The molecule has 124 valence electrons. The lowest BCUT2D eigenvalue weighted by atomic mass is 9.85. The van der Waals surface area contributed by atoms with Crippen LogP contribution in [0.5, 0.6) is 5.75 Å². The number of aromatic nitrogens is 2. The number of rotatable bonds is 6. The number of ether oxygens (including phenoxy) is 1. The van der Waals surface area contributed by atoms with Gasteiger partial charge in [0.2, 0.25) is 0 Å². The smallest absolute Gasteiger partial charge is 0.121 e. The second-order valence-corrected chi connectivity index (χ2v) is 6.51. The highest BCUT2D eigenvalue weighted by Gasteiger charge is 2.25. The topological polar surface area (TPSA) is 53.1 Å². The Kier molecular flexibility index (Phi) is 4.11. The van der Waals surface area contributed by atoms with Crippen LogP contribution in [0.2, 0.25) is 0 Å². The van der Waals surface area contributed by atoms with E-state index >= 15 is 0 Å². The quantitative estimate of drug-likeness (QED) is 0.542. The number of nitrogens with zero attached hydrogens (tertiary/aromatic N) is 2. The normalized spacial score (nSPS) is 14.7. The van der Waals surface area contributed by atoms with Gasteiger partial charge in [-0.1, -0.05) is 24.6 Å². The van der Waals surface area contributed by atoms with Gasteiger partial charge >= 0.3 is 0 Å². The first kappa shape index (κ1) is 15.1. The van der Waals surface area contributed by atoms with E-state index in [1.165, 1.54) is 30.6 Å². The van der Waals surface area contributed by atoms with Crippen molar-refractivity contribution in [1.82, 2.24) is 9.55 Å². The number of hydrogen-bond donors (Lipinski definition) is 1. The monoisotopic (exact) mass is 321 g/mol. The number of para-hydroxylation sites is 2. The Morgan fingerprint density at radius 1 is 1.12 bits per heavy atom. The van der Waals surface area contributed by atoms with Gasteiger partial charge in [-0.3, -0.25) is 0 Å². The highest BCUT2D eigenvalue weighted by atomic mass is 16.5. The lowest BCUT2D eigenvalue weighted by Gasteiger charge is -2.25. The van der Waals surface area contributed by atoms with Crippen molar-refractivity contribution in [2.45, 2.75) is 38.1 Å². The van der Waals surface area contributed by atoms with Crippen molar-refractivity contribution in [2.24, 2.45) is 0 Å². The van der Waals surface area contributed by atoms with Gasteiger partial charge in [0, 0.05) is 24.2 Å². The molecule has 1 saturated carbocycles. The summed E-state index contributed by atoms with van der Waals surface area (Å²) in [6.45, 7) is 1.62. The summed E-state index contributed by atoms with van der Waals surface area (Å²) in [5.41, 5.74) is 8.87. The van der Waals surface area contributed by atoms with Crippen molar-refractivity contribution < 1.29 is 4.74 Å². The molecule has 4 nitrogen and oxygen atoms in total. The number of nitrogen functional groups attached to an aromatic ring is 1. The van der Waals surface area contributed by atoms with E-state index in [9.17, 15) is 0 Å². The fraction of sp³-hybridized carbons (Fsp3) is 0.350. The summed E-state index contributed by atoms with van der Waals surface area (Å²) in [5, 5.41) is 0. The van der Waals surface area contributed by atoms with Crippen LogP contribution >= 0.6 is 0 Å². The van der Waals surface area contributed by atoms with Crippen LogP contribution in [0.1, 0.15) is 37.4 Å². The number of hydrogen-bond acceptors (Lipinski definition) is 3. The van der Waals surface area contributed by atoms with Crippen molar-refractivity contribution in [2.75, 3.05) is 12.3 Å². The van der Waals surface area contributed by atoms with E-state index in [1.54, 1.807) is 0 Å². The van der Waals surface area contributed by atoms with Gasteiger partial charge in [-0.2, -0.15) is 0 Å². The first-order chi connectivity index (χ1) is 11.8. The van der Waals surface area contributed by atoms with Crippen LogP contribution in [-0.2, 0) is 6.54 Å². The molecule has 2 aromatic carbocycles. The maximum Gasteiger partial charge on any atom is 0.121 e. The van der Waals surface area contributed by atoms with Gasteiger partial charge in [0.1, 0.15) is 11.6 Å². The Bertz CT molecular complexity index is 836. The van der Waals surface area contributed by atoms with Gasteiger partial charge in [-0.15, -0.1) is 0 Å². The van der Waals surface area contributed by atoms with Gasteiger partial charge < -0.3 is 15.0 Å². The zero-order valence-corrected chi connectivity index (χ0v) is 13.8. The van der Waals surface area contributed by atoms with Crippen molar-refractivity contribution in [3.8, 4) is 5.75 Å². The van der Waals surface area contributed by atoms with Crippen molar-refractivity contribution in [1.29, 1.82) is 0 Å². The van der Waals surface area contributed by atoms with Gasteiger partial charge in [0.25, 0.3) is 0 Å². The third kappa shape index (κ3) is 2.96. The SMILES string of the molecule is Nc1cccc(OCCCn2c(C3CCC3)nc3ccccc32)c1. The lowest BCUT2D eigenvalue weighted by Crippen LogP contribution is -2.16. The number of aryl methyl sites for hydroxylation is 1. The number of benzene rings is 2. The molecule has 1 aliphatic rings. The van der Waals surface area contributed by atoms with Crippen LogP contribution in [0, 0.1) is 0 Å². The van der Waals surface area contributed by atoms with Gasteiger partial charge in [-0.05, 0) is 43.5 Å². The van der Waals surface area contributed by atoms with Crippen LogP contribution in [0.25, 0.3) is 11.0 Å². The molecule has 0 aliphatic heterocycles. The molecule has 0 unspecified atom stereocenters. The molecule has 0 bridgehead atoms. The first-order valence-corrected chi connectivity index (χ1v) is 8.75. The minimum Gasteiger partial charge on any atom is -0.493 e. The maximum absolute atomic E-state index is 5.82. The maximum atomic E-state index is 5.82. The Labute approximate surface area is 142 Å². The van der Waals surface area contributed by atoms with E-state index in [0.29, 0.717) is 12.5 Å². The van der Waals surface area contributed by atoms with Crippen LogP contribution in [-0.4, -0.2) is 16.2 Å². The highest BCUT2D eigenvalue weighted by Crippen LogP contribution is 2.37. The van der Waals surface area contributed by atoms with Gasteiger partial charge in [0.15, 0.2) is 0 Å². The molecule has 1 heterocycles. The molecule has 0 spiro atoms. The third-order valence-electron chi connectivity index (χ3n) is 4.81. The zero-order chi connectivity index (χ0) is 16.4. The predicted octanol–water partition coefficient (Wildman–Crippen LogP) is 4.36. The zero-order valence-electron chi connectivity index (χ0n) is 13.8. The molecular weight excluding hydrogens is 298 g/mol. The molecule has 1 aliphatic carbocycles. The summed E-state index contributed by atoms with van der Waals surface area (Å²) in [6.07, 6.45) is 4.81. The van der Waals surface area contributed by atoms with Crippen molar-refractivity contribution in [3.05, 3.63) is 54.4 Å². The lowest BCUT2D eigenvalue weighted by molar-refractivity contribution is 0.299. The number of imidazole rings is 1. The molecule has 2 N–H and O–H groups in total. The molecule has 1 aromatic heterocycles. The van der Waals surface area contributed by atoms with Gasteiger partial charge in [-0.25, -0.2) is 4.98 Å². The minimum absolute atomic E-state index is 0.632. The Morgan fingerprint density at radius 2 is 2.00 bits per heavy atom. The molecule has 3 aromatic rings. The second-order valence-electron chi connectivity index (χ2n) is 6.51. The molecule has 4 rings (SSSR count). The minimum atomic E-state index is 0.632. The van der Waals surface area contributed by atoms with E-state index in [0.717, 1.165) is 29.9 Å². The summed E-state index contributed by atoms with van der Waals surface area (Å²) >= 11 is 0. The molecule has 0 saturated heterocycles. The van der Waals surface area contributed by atoms with Crippen molar-refractivity contribution in [3.63, 3.8) is 0 Å². The fourth-order valence-corrected chi connectivity index (χ4v) is 3.32. The summed E-state index contributed by atoms with van der Waals surface area (Å²) in [5.74, 6) is 2.73. The Balaban J connectivity index is 1.45. The van der Waals surface area contributed by atoms with E-state index in [1.807, 2.05) is 24.3 Å². The number of anilines is 1. The first-order valence-electron chi connectivity index (χ1n) is 8.75. The standard InChI is InChI=1S/C20H23N3O/c21-16-8-4-9-17(14-16)24-13-5-12-23-19-11-2-1-10-18(19)22-20(23)15-6-3-7-15/h1-2,4,8-11,14-15H,3,5-7,12-13,21H2. The highest BCUT2D eigenvalue weighted by molar-refractivity contribution is 5.76. The summed E-state index contributed by atoms with van der Waals surface area (Å²) in [6, 6.07) is 16.0. The molecule has 0 amide bonds. The van der Waals surface area contributed by atoms with Crippen LogP contribution in [0.3, 0.4) is 0 Å². The molecular formula is C20H23N3O. The average molecular weight is 321 g/mol. The summed E-state index contributed by atoms with van der Waals surface area (Å²) < 4.78 is 8.21. The molecule has 0 radical (unpaired) electrons. The van der Waals surface area contributed by atoms with Crippen LogP contribution in [0.15, 0.2) is 48.5 Å².